The predicted octanol–water partition coefficient (Wildman–Crippen LogP) is 1.46. The number of imidazole rings is 1. The second-order valence-corrected chi connectivity index (χ2v) is 5.99. The summed E-state index contributed by atoms with van der Waals surface area (Å²) in [6, 6.07) is 0.671. The Bertz CT molecular complexity index is 400. The van der Waals surface area contributed by atoms with Gasteiger partial charge in [-0.15, -0.1) is 0 Å². The fraction of sp³-hybridized carbons (Fsp3) is 0.786. The van der Waals surface area contributed by atoms with Crippen LogP contribution in [0, 0.1) is 11.8 Å². The first kappa shape index (κ1) is 12.2. The van der Waals surface area contributed by atoms with E-state index in [1.807, 2.05) is 6.20 Å². The molecule has 2 heterocycles. The van der Waals surface area contributed by atoms with E-state index in [1.54, 1.807) is 0 Å². The molecule has 4 heteroatoms. The molecular formula is C14H24N4. The van der Waals surface area contributed by atoms with Gasteiger partial charge in [0.25, 0.3) is 0 Å². The van der Waals surface area contributed by atoms with Crippen molar-refractivity contribution in [3.8, 4) is 0 Å². The first-order chi connectivity index (χ1) is 8.78. The molecule has 2 aliphatic rings. The van der Waals surface area contributed by atoms with Crippen molar-refractivity contribution >= 4 is 0 Å². The van der Waals surface area contributed by atoms with Gasteiger partial charge in [0, 0.05) is 31.5 Å². The predicted molar refractivity (Wildman–Crippen MR) is 72.0 cm³/mol. The number of hydrogen-bond acceptors (Lipinski definition) is 3. The third kappa shape index (κ3) is 2.19. The number of aromatic nitrogens is 2. The van der Waals surface area contributed by atoms with Gasteiger partial charge < -0.3 is 10.3 Å². The Labute approximate surface area is 109 Å². The summed E-state index contributed by atoms with van der Waals surface area (Å²) in [4.78, 5) is 7.08. The Balaban J connectivity index is 1.74. The minimum Gasteiger partial charge on any atom is -0.333 e. The van der Waals surface area contributed by atoms with Crippen LogP contribution in [0.1, 0.15) is 32.0 Å². The van der Waals surface area contributed by atoms with Crippen LogP contribution >= 0.6 is 0 Å². The van der Waals surface area contributed by atoms with Crippen molar-refractivity contribution in [3.63, 3.8) is 0 Å². The molecular weight excluding hydrogens is 224 g/mol. The summed E-state index contributed by atoms with van der Waals surface area (Å²) >= 11 is 0. The average molecular weight is 248 g/mol. The number of fused-ring (bicyclic) bond motifs is 1. The molecule has 3 atom stereocenters. The molecule has 1 aromatic heterocycles. The standard InChI is InChI=1S/C14H24N4/c1-11-2-3-12(9-15)13(8-11)18-7-6-17-5-4-16-14(17)10-18/h4-5,11-13H,2-3,6-10,15H2,1H3. The third-order valence-corrected chi connectivity index (χ3v) is 4.76. The minimum atomic E-state index is 0.671. The summed E-state index contributed by atoms with van der Waals surface area (Å²) in [6.45, 7) is 6.45. The van der Waals surface area contributed by atoms with E-state index in [9.17, 15) is 0 Å². The minimum absolute atomic E-state index is 0.671. The molecule has 0 saturated heterocycles. The summed E-state index contributed by atoms with van der Waals surface area (Å²) in [5.41, 5.74) is 5.97. The van der Waals surface area contributed by atoms with Crippen LogP contribution < -0.4 is 5.73 Å². The van der Waals surface area contributed by atoms with Gasteiger partial charge in [-0.05, 0) is 31.2 Å². The molecule has 100 valence electrons. The van der Waals surface area contributed by atoms with Crippen LogP contribution in [0.4, 0.5) is 0 Å². The average Bonchev–Trinajstić information content (AvgIpc) is 2.85. The molecule has 0 bridgehead atoms. The van der Waals surface area contributed by atoms with Crippen molar-refractivity contribution in [1.82, 2.24) is 14.5 Å². The van der Waals surface area contributed by atoms with Crippen LogP contribution in [0.2, 0.25) is 0 Å². The number of rotatable bonds is 2. The van der Waals surface area contributed by atoms with Gasteiger partial charge in [0.1, 0.15) is 5.82 Å². The highest BCUT2D eigenvalue weighted by atomic mass is 15.3. The smallest absolute Gasteiger partial charge is 0.122 e. The molecule has 1 aliphatic heterocycles. The highest BCUT2D eigenvalue weighted by Gasteiger charge is 2.33. The summed E-state index contributed by atoms with van der Waals surface area (Å²) in [5.74, 6) is 2.75. The molecule has 1 aliphatic carbocycles. The van der Waals surface area contributed by atoms with Crippen molar-refractivity contribution in [2.24, 2.45) is 17.6 Å². The second-order valence-electron chi connectivity index (χ2n) is 5.99. The van der Waals surface area contributed by atoms with Crippen LogP contribution in [-0.4, -0.2) is 33.6 Å². The normalized spacial score (nSPS) is 33.3. The van der Waals surface area contributed by atoms with E-state index >= 15 is 0 Å². The van der Waals surface area contributed by atoms with Crippen molar-refractivity contribution < 1.29 is 0 Å². The number of hydrogen-bond donors (Lipinski definition) is 1. The molecule has 0 amide bonds. The summed E-state index contributed by atoms with van der Waals surface area (Å²) < 4.78 is 2.28. The van der Waals surface area contributed by atoms with Gasteiger partial charge in [-0.3, -0.25) is 4.90 Å². The van der Waals surface area contributed by atoms with Crippen LogP contribution in [0.25, 0.3) is 0 Å². The Morgan fingerprint density at radius 1 is 1.39 bits per heavy atom. The Morgan fingerprint density at radius 3 is 3.11 bits per heavy atom. The molecule has 2 N–H and O–H groups in total. The second kappa shape index (κ2) is 5.02. The lowest BCUT2D eigenvalue weighted by Crippen LogP contribution is -2.49. The maximum Gasteiger partial charge on any atom is 0.122 e. The molecule has 1 saturated carbocycles. The lowest BCUT2D eigenvalue weighted by Gasteiger charge is -2.43. The van der Waals surface area contributed by atoms with E-state index < -0.39 is 0 Å². The largest absolute Gasteiger partial charge is 0.333 e. The third-order valence-electron chi connectivity index (χ3n) is 4.76. The zero-order valence-corrected chi connectivity index (χ0v) is 11.3. The molecule has 4 nitrogen and oxygen atoms in total. The first-order valence-electron chi connectivity index (χ1n) is 7.22. The summed E-state index contributed by atoms with van der Waals surface area (Å²) in [7, 11) is 0. The fourth-order valence-corrected chi connectivity index (χ4v) is 3.61. The molecule has 18 heavy (non-hydrogen) atoms. The van der Waals surface area contributed by atoms with Gasteiger partial charge in [-0.2, -0.15) is 0 Å². The highest BCUT2D eigenvalue weighted by molar-refractivity contribution is 4.98. The van der Waals surface area contributed by atoms with Crippen LogP contribution in [-0.2, 0) is 13.1 Å². The first-order valence-corrected chi connectivity index (χ1v) is 7.22. The zero-order chi connectivity index (χ0) is 12.5. The zero-order valence-electron chi connectivity index (χ0n) is 11.3. The van der Waals surface area contributed by atoms with Gasteiger partial charge in [0.05, 0.1) is 6.54 Å². The van der Waals surface area contributed by atoms with E-state index in [1.165, 1.54) is 25.1 Å². The van der Waals surface area contributed by atoms with Crippen LogP contribution in [0.15, 0.2) is 12.4 Å². The van der Waals surface area contributed by atoms with Crippen molar-refractivity contribution in [2.45, 2.75) is 45.3 Å². The molecule has 1 aromatic rings. The maximum absolute atomic E-state index is 5.97. The fourth-order valence-electron chi connectivity index (χ4n) is 3.61. The van der Waals surface area contributed by atoms with Gasteiger partial charge in [-0.25, -0.2) is 4.98 Å². The lowest BCUT2D eigenvalue weighted by molar-refractivity contribution is 0.0625. The van der Waals surface area contributed by atoms with Gasteiger partial charge in [-0.1, -0.05) is 13.3 Å². The Hall–Kier alpha value is -0.870. The topological polar surface area (TPSA) is 47.1 Å². The number of nitrogens with zero attached hydrogens (tertiary/aromatic N) is 3. The summed E-state index contributed by atoms with van der Waals surface area (Å²) in [5, 5.41) is 0. The van der Waals surface area contributed by atoms with Crippen molar-refractivity contribution in [3.05, 3.63) is 18.2 Å². The molecule has 0 spiro atoms. The van der Waals surface area contributed by atoms with Gasteiger partial charge in [0.15, 0.2) is 0 Å². The molecule has 0 aromatic carbocycles. The van der Waals surface area contributed by atoms with Crippen LogP contribution in [0.3, 0.4) is 0 Å². The van der Waals surface area contributed by atoms with E-state index in [4.69, 9.17) is 5.73 Å². The van der Waals surface area contributed by atoms with Gasteiger partial charge in [0.2, 0.25) is 0 Å². The lowest BCUT2D eigenvalue weighted by atomic mass is 9.78. The molecule has 3 unspecified atom stereocenters. The van der Waals surface area contributed by atoms with Crippen molar-refractivity contribution in [1.29, 1.82) is 0 Å². The summed E-state index contributed by atoms with van der Waals surface area (Å²) in [6.07, 6.45) is 7.97. The van der Waals surface area contributed by atoms with Gasteiger partial charge >= 0.3 is 0 Å². The SMILES string of the molecule is CC1CCC(CN)C(N2CCn3ccnc3C2)C1. The Morgan fingerprint density at radius 2 is 2.28 bits per heavy atom. The van der Waals surface area contributed by atoms with E-state index in [-0.39, 0.29) is 0 Å². The van der Waals surface area contributed by atoms with Crippen molar-refractivity contribution in [2.75, 3.05) is 13.1 Å². The molecule has 1 fully saturated rings. The number of nitrogens with two attached hydrogens (primary N) is 1. The van der Waals surface area contributed by atoms with Crippen LogP contribution in [0.5, 0.6) is 0 Å². The van der Waals surface area contributed by atoms with E-state index in [0.717, 1.165) is 32.1 Å². The Kier molecular flexibility index (Phi) is 3.39. The molecule has 3 rings (SSSR count). The molecule has 0 radical (unpaired) electrons. The van der Waals surface area contributed by atoms with E-state index in [0.29, 0.717) is 12.0 Å². The highest BCUT2D eigenvalue weighted by Crippen LogP contribution is 2.33. The maximum atomic E-state index is 5.97. The quantitative estimate of drug-likeness (QED) is 0.862. The monoisotopic (exact) mass is 248 g/mol. The van der Waals surface area contributed by atoms with E-state index in [2.05, 4.69) is 27.6 Å².